The van der Waals surface area contributed by atoms with Crippen LogP contribution in [0.5, 0.6) is 0 Å². The molecule has 2 heterocycles. The normalized spacial score (nSPS) is 20.6. The number of carbonyl (C=O) groups excluding carboxylic acids is 2. The highest BCUT2D eigenvalue weighted by Gasteiger charge is 2.25. The second-order valence-corrected chi connectivity index (χ2v) is 8.34. The summed E-state index contributed by atoms with van der Waals surface area (Å²) in [6.45, 7) is 7.32. The molecule has 2 fully saturated rings. The second-order valence-electron chi connectivity index (χ2n) is 8.34. The lowest BCUT2D eigenvalue weighted by molar-refractivity contribution is -0.121. The van der Waals surface area contributed by atoms with Gasteiger partial charge in [0, 0.05) is 38.6 Å². The van der Waals surface area contributed by atoms with Gasteiger partial charge in [0.05, 0.1) is 0 Å². The van der Waals surface area contributed by atoms with E-state index in [9.17, 15) is 9.59 Å². The fourth-order valence-electron chi connectivity index (χ4n) is 4.51. The van der Waals surface area contributed by atoms with Gasteiger partial charge in [0.15, 0.2) is 0 Å². The van der Waals surface area contributed by atoms with Gasteiger partial charge in [0.2, 0.25) is 5.91 Å². The zero-order valence-electron chi connectivity index (χ0n) is 17.7. The summed E-state index contributed by atoms with van der Waals surface area (Å²) >= 11 is 0. The molecule has 2 aliphatic rings. The van der Waals surface area contributed by atoms with Crippen molar-refractivity contribution in [2.24, 2.45) is 5.92 Å². The predicted molar refractivity (Wildman–Crippen MR) is 115 cm³/mol. The Morgan fingerprint density at radius 1 is 1.03 bits per heavy atom. The summed E-state index contributed by atoms with van der Waals surface area (Å²) in [4.78, 5) is 28.9. The van der Waals surface area contributed by atoms with Crippen LogP contribution in [0, 0.1) is 5.92 Å². The van der Waals surface area contributed by atoms with Crippen molar-refractivity contribution in [3.8, 4) is 0 Å². The molecule has 160 valence electrons. The van der Waals surface area contributed by atoms with E-state index >= 15 is 0 Å². The number of urea groups is 1. The molecular formula is C23H36N4O2. The van der Waals surface area contributed by atoms with Gasteiger partial charge < -0.3 is 15.5 Å². The zero-order chi connectivity index (χ0) is 20.5. The number of rotatable bonds is 8. The van der Waals surface area contributed by atoms with Gasteiger partial charge in [0.25, 0.3) is 0 Å². The summed E-state index contributed by atoms with van der Waals surface area (Å²) in [5.74, 6) is 0.716. The average Bonchev–Trinajstić information content (AvgIpc) is 3.23. The Labute approximate surface area is 175 Å². The predicted octanol–water partition coefficient (Wildman–Crippen LogP) is 2.99. The first-order chi connectivity index (χ1) is 14.2. The fraction of sp³-hybridized carbons (Fsp3) is 0.652. The molecule has 1 aromatic rings. The van der Waals surface area contributed by atoms with Gasteiger partial charge in [-0.1, -0.05) is 37.3 Å². The van der Waals surface area contributed by atoms with Crippen molar-refractivity contribution in [1.29, 1.82) is 0 Å². The molecule has 3 amide bonds. The lowest BCUT2D eigenvalue weighted by Gasteiger charge is -2.32. The molecule has 6 heteroatoms. The van der Waals surface area contributed by atoms with Crippen LogP contribution in [0.3, 0.4) is 0 Å². The highest BCUT2D eigenvalue weighted by atomic mass is 16.2. The van der Waals surface area contributed by atoms with Gasteiger partial charge >= 0.3 is 6.03 Å². The average molecular weight is 401 g/mol. The minimum Gasteiger partial charge on any atom is -0.355 e. The number of hydrogen-bond acceptors (Lipinski definition) is 3. The first kappa shape index (κ1) is 21.6. The summed E-state index contributed by atoms with van der Waals surface area (Å²) in [6, 6.07) is 10.5. The summed E-state index contributed by atoms with van der Waals surface area (Å²) in [6.07, 6.45) is 5.93. The minimum absolute atomic E-state index is 0.0158. The SMILES string of the molecule is CCN1CCC[C@@H]1CNC(=O)CCC1CCN(C(=O)NCc2ccccc2)CC1. The van der Waals surface area contributed by atoms with E-state index in [1.165, 1.54) is 12.8 Å². The number of amides is 3. The largest absolute Gasteiger partial charge is 0.355 e. The Morgan fingerprint density at radius 3 is 2.52 bits per heavy atom. The van der Waals surface area contributed by atoms with E-state index in [4.69, 9.17) is 0 Å². The summed E-state index contributed by atoms with van der Waals surface area (Å²) in [5.41, 5.74) is 1.11. The van der Waals surface area contributed by atoms with Crippen LogP contribution in [0.15, 0.2) is 30.3 Å². The first-order valence-electron chi connectivity index (χ1n) is 11.2. The van der Waals surface area contributed by atoms with E-state index in [-0.39, 0.29) is 11.9 Å². The fourth-order valence-corrected chi connectivity index (χ4v) is 4.51. The molecule has 3 rings (SSSR count). The van der Waals surface area contributed by atoms with Crippen LogP contribution in [-0.2, 0) is 11.3 Å². The topological polar surface area (TPSA) is 64.7 Å². The van der Waals surface area contributed by atoms with Crippen molar-refractivity contribution < 1.29 is 9.59 Å². The Balaban J connectivity index is 1.28. The molecule has 0 spiro atoms. The quantitative estimate of drug-likeness (QED) is 0.705. The molecule has 1 aromatic carbocycles. The number of benzene rings is 1. The minimum atomic E-state index is 0.0158. The molecule has 2 N–H and O–H groups in total. The summed E-state index contributed by atoms with van der Waals surface area (Å²) in [7, 11) is 0. The third-order valence-corrected chi connectivity index (χ3v) is 6.41. The molecule has 2 saturated heterocycles. The van der Waals surface area contributed by atoms with E-state index in [1.54, 1.807) is 0 Å². The smallest absolute Gasteiger partial charge is 0.317 e. The number of hydrogen-bond donors (Lipinski definition) is 2. The van der Waals surface area contributed by atoms with Gasteiger partial charge in [-0.05, 0) is 56.7 Å². The molecule has 0 aromatic heterocycles. The van der Waals surface area contributed by atoms with Crippen molar-refractivity contribution >= 4 is 11.9 Å². The van der Waals surface area contributed by atoms with E-state index in [0.29, 0.717) is 24.9 Å². The number of nitrogens with zero attached hydrogens (tertiary/aromatic N) is 2. The van der Waals surface area contributed by atoms with E-state index < -0.39 is 0 Å². The van der Waals surface area contributed by atoms with Crippen molar-refractivity contribution in [2.75, 3.05) is 32.7 Å². The van der Waals surface area contributed by atoms with Crippen LogP contribution in [0.1, 0.15) is 51.0 Å². The van der Waals surface area contributed by atoms with Gasteiger partial charge in [-0.2, -0.15) is 0 Å². The third kappa shape index (κ3) is 6.74. The number of piperidine rings is 1. The monoisotopic (exact) mass is 400 g/mol. The molecule has 29 heavy (non-hydrogen) atoms. The van der Waals surface area contributed by atoms with E-state index in [1.807, 2.05) is 35.2 Å². The molecule has 0 radical (unpaired) electrons. The molecular weight excluding hydrogens is 364 g/mol. The maximum atomic E-state index is 12.4. The summed E-state index contributed by atoms with van der Waals surface area (Å²) < 4.78 is 0. The zero-order valence-corrected chi connectivity index (χ0v) is 17.7. The molecule has 6 nitrogen and oxygen atoms in total. The van der Waals surface area contributed by atoms with Crippen molar-refractivity contribution in [2.45, 2.75) is 58.0 Å². The molecule has 0 unspecified atom stereocenters. The Hall–Kier alpha value is -2.08. The lowest BCUT2D eigenvalue weighted by atomic mass is 9.92. The Bertz CT molecular complexity index is 644. The van der Waals surface area contributed by atoms with Crippen LogP contribution < -0.4 is 10.6 Å². The number of nitrogens with one attached hydrogen (secondary N) is 2. The van der Waals surface area contributed by atoms with Crippen LogP contribution in [-0.4, -0.2) is 60.5 Å². The van der Waals surface area contributed by atoms with Crippen molar-refractivity contribution in [3.63, 3.8) is 0 Å². The highest BCUT2D eigenvalue weighted by molar-refractivity contribution is 5.76. The summed E-state index contributed by atoms with van der Waals surface area (Å²) in [5, 5.41) is 6.14. The number of likely N-dealkylation sites (tertiary alicyclic amines) is 2. The van der Waals surface area contributed by atoms with Crippen LogP contribution in [0.4, 0.5) is 4.79 Å². The molecule has 1 atom stereocenters. The van der Waals surface area contributed by atoms with Gasteiger partial charge in [-0.15, -0.1) is 0 Å². The van der Waals surface area contributed by atoms with Crippen LogP contribution in [0.25, 0.3) is 0 Å². The second kappa shape index (κ2) is 11.2. The van der Waals surface area contributed by atoms with Crippen LogP contribution in [0.2, 0.25) is 0 Å². The maximum absolute atomic E-state index is 12.4. The number of likely N-dealkylation sites (N-methyl/N-ethyl adjacent to an activating group) is 1. The first-order valence-corrected chi connectivity index (χ1v) is 11.2. The van der Waals surface area contributed by atoms with E-state index in [0.717, 1.165) is 57.5 Å². The van der Waals surface area contributed by atoms with E-state index in [2.05, 4.69) is 22.5 Å². The Morgan fingerprint density at radius 2 is 1.79 bits per heavy atom. The Kier molecular flexibility index (Phi) is 8.35. The highest BCUT2D eigenvalue weighted by Crippen LogP contribution is 2.22. The standard InChI is InChI=1S/C23H36N4O2/c1-2-26-14-6-9-21(26)18-24-22(28)11-10-19-12-15-27(16-13-19)23(29)25-17-20-7-4-3-5-8-20/h3-5,7-8,19,21H,2,6,9-18H2,1H3,(H,24,28)(H,25,29)/t21-/m1/s1. The van der Waals surface area contributed by atoms with Gasteiger partial charge in [-0.3, -0.25) is 9.69 Å². The van der Waals surface area contributed by atoms with Crippen LogP contribution >= 0.6 is 0 Å². The molecule has 0 aliphatic carbocycles. The molecule has 2 aliphatic heterocycles. The molecule has 0 bridgehead atoms. The number of carbonyl (C=O) groups is 2. The lowest BCUT2D eigenvalue weighted by Crippen LogP contribution is -2.44. The van der Waals surface area contributed by atoms with Crippen molar-refractivity contribution in [3.05, 3.63) is 35.9 Å². The maximum Gasteiger partial charge on any atom is 0.317 e. The molecule has 0 saturated carbocycles. The van der Waals surface area contributed by atoms with Gasteiger partial charge in [0.1, 0.15) is 0 Å². The van der Waals surface area contributed by atoms with Gasteiger partial charge in [-0.25, -0.2) is 4.79 Å². The van der Waals surface area contributed by atoms with Crippen molar-refractivity contribution in [1.82, 2.24) is 20.4 Å². The third-order valence-electron chi connectivity index (χ3n) is 6.41.